The molecule has 2 nitrogen and oxygen atoms in total. The van der Waals surface area contributed by atoms with E-state index in [9.17, 15) is 0 Å². The molecule has 1 aromatic heterocycles. The minimum absolute atomic E-state index is 0.472. The minimum atomic E-state index is 0.472. The van der Waals surface area contributed by atoms with Crippen molar-refractivity contribution in [2.75, 3.05) is 6.54 Å². The van der Waals surface area contributed by atoms with Crippen LogP contribution < -0.4 is 5.32 Å². The molecule has 0 amide bonds. The highest BCUT2D eigenvalue weighted by molar-refractivity contribution is 5.11. The highest BCUT2D eigenvalue weighted by atomic mass is 14.9. The Kier molecular flexibility index (Phi) is 6.96. The quantitative estimate of drug-likeness (QED) is 0.752. The Bertz CT molecular complexity index is 310. The average molecular weight is 248 g/mol. The second kappa shape index (κ2) is 8.25. The van der Waals surface area contributed by atoms with Crippen LogP contribution in [0.5, 0.6) is 0 Å². The highest BCUT2D eigenvalue weighted by Crippen LogP contribution is 2.25. The molecule has 18 heavy (non-hydrogen) atoms. The van der Waals surface area contributed by atoms with Gasteiger partial charge in [-0.15, -0.1) is 0 Å². The molecule has 1 rings (SSSR count). The minimum Gasteiger partial charge on any atom is -0.313 e. The normalized spacial score (nSPS) is 16.2. The van der Waals surface area contributed by atoms with Gasteiger partial charge in [-0.05, 0) is 37.4 Å². The van der Waals surface area contributed by atoms with Gasteiger partial charge in [-0.1, -0.05) is 40.2 Å². The lowest BCUT2D eigenvalue weighted by atomic mass is 9.85. The van der Waals surface area contributed by atoms with Gasteiger partial charge in [0.1, 0.15) is 0 Å². The number of pyridine rings is 1. The van der Waals surface area contributed by atoms with E-state index in [4.69, 9.17) is 0 Å². The summed E-state index contributed by atoms with van der Waals surface area (Å²) in [6, 6.07) is 6.74. The molecule has 3 atom stereocenters. The fraction of sp³-hybridized carbons (Fsp3) is 0.688. The summed E-state index contributed by atoms with van der Waals surface area (Å²) >= 11 is 0. The van der Waals surface area contributed by atoms with Crippen LogP contribution in [0.25, 0.3) is 0 Å². The van der Waals surface area contributed by atoms with Crippen molar-refractivity contribution in [2.45, 2.75) is 58.9 Å². The van der Waals surface area contributed by atoms with Gasteiger partial charge >= 0.3 is 0 Å². The number of nitrogens with one attached hydrogen (secondary N) is 1. The summed E-state index contributed by atoms with van der Waals surface area (Å²) in [5.41, 5.74) is 1.20. The topological polar surface area (TPSA) is 24.9 Å². The van der Waals surface area contributed by atoms with Crippen molar-refractivity contribution in [1.82, 2.24) is 10.3 Å². The van der Waals surface area contributed by atoms with Crippen molar-refractivity contribution in [2.24, 2.45) is 5.92 Å². The Morgan fingerprint density at radius 3 is 2.50 bits per heavy atom. The van der Waals surface area contributed by atoms with Crippen molar-refractivity contribution in [3.63, 3.8) is 0 Å². The molecule has 0 saturated carbocycles. The van der Waals surface area contributed by atoms with Crippen LogP contribution in [0, 0.1) is 5.92 Å². The van der Waals surface area contributed by atoms with Crippen molar-refractivity contribution < 1.29 is 0 Å². The van der Waals surface area contributed by atoms with E-state index < -0.39 is 0 Å². The molecule has 1 N–H and O–H groups in total. The maximum Gasteiger partial charge on any atom is 0.0447 e. The summed E-state index contributed by atoms with van der Waals surface area (Å²) in [6.07, 6.45) is 5.61. The number of rotatable bonds is 8. The molecule has 2 heteroatoms. The Balaban J connectivity index is 2.74. The van der Waals surface area contributed by atoms with E-state index >= 15 is 0 Å². The van der Waals surface area contributed by atoms with E-state index in [1.165, 1.54) is 25.0 Å². The molecular formula is C16H28N2. The van der Waals surface area contributed by atoms with E-state index in [0.717, 1.165) is 6.54 Å². The van der Waals surface area contributed by atoms with E-state index in [0.29, 0.717) is 17.9 Å². The van der Waals surface area contributed by atoms with Gasteiger partial charge in [-0.25, -0.2) is 0 Å². The first-order chi connectivity index (χ1) is 8.70. The summed E-state index contributed by atoms with van der Waals surface area (Å²) in [5.74, 6) is 1.16. The van der Waals surface area contributed by atoms with Crippen molar-refractivity contribution >= 4 is 0 Å². The lowest BCUT2D eigenvalue weighted by molar-refractivity contribution is 0.314. The molecule has 3 unspecified atom stereocenters. The standard InChI is InChI=1S/C16H28N2/c1-5-9-13(3)16(18-11-6-2)14(4)15-10-7-8-12-17-15/h7-8,10,12-14,16,18H,5-6,9,11H2,1-4H3. The Morgan fingerprint density at radius 2 is 1.94 bits per heavy atom. The monoisotopic (exact) mass is 248 g/mol. The third-order valence-corrected chi connectivity index (χ3v) is 3.68. The van der Waals surface area contributed by atoms with Crippen LogP contribution in [0.2, 0.25) is 0 Å². The predicted molar refractivity (Wildman–Crippen MR) is 78.8 cm³/mol. The summed E-state index contributed by atoms with van der Waals surface area (Å²) in [7, 11) is 0. The van der Waals surface area contributed by atoms with Gasteiger partial charge in [0.2, 0.25) is 0 Å². The first kappa shape index (κ1) is 15.2. The fourth-order valence-corrected chi connectivity index (χ4v) is 2.65. The van der Waals surface area contributed by atoms with Gasteiger partial charge in [0.15, 0.2) is 0 Å². The molecule has 0 aliphatic carbocycles. The van der Waals surface area contributed by atoms with E-state index in [1.54, 1.807) is 0 Å². The molecular weight excluding hydrogens is 220 g/mol. The molecule has 0 bridgehead atoms. The lowest BCUT2D eigenvalue weighted by Gasteiger charge is -2.30. The summed E-state index contributed by atoms with van der Waals surface area (Å²) in [6.45, 7) is 10.2. The first-order valence-corrected chi connectivity index (χ1v) is 7.35. The molecule has 1 heterocycles. The van der Waals surface area contributed by atoms with Crippen LogP contribution in [0.1, 0.15) is 58.6 Å². The number of hydrogen-bond donors (Lipinski definition) is 1. The van der Waals surface area contributed by atoms with Crippen LogP contribution in [-0.2, 0) is 0 Å². The Hall–Kier alpha value is -0.890. The fourth-order valence-electron chi connectivity index (χ4n) is 2.65. The van der Waals surface area contributed by atoms with Gasteiger partial charge in [0.05, 0.1) is 0 Å². The smallest absolute Gasteiger partial charge is 0.0447 e. The van der Waals surface area contributed by atoms with Gasteiger partial charge in [0, 0.05) is 23.9 Å². The number of nitrogens with zero attached hydrogens (tertiary/aromatic N) is 1. The third-order valence-electron chi connectivity index (χ3n) is 3.68. The molecule has 0 fully saturated rings. The predicted octanol–water partition coefficient (Wildman–Crippen LogP) is 3.99. The molecule has 0 aromatic carbocycles. The summed E-state index contributed by atoms with van der Waals surface area (Å²) < 4.78 is 0. The van der Waals surface area contributed by atoms with E-state index in [-0.39, 0.29) is 0 Å². The zero-order chi connectivity index (χ0) is 13.4. The van der Waals surface area contributed by atoms with Crippen LogP contribution in [0.15, 0.2) is 24.4 Å². The molecule has 102 valence electrons. The van der Waals surface area contributed by atoms with E-state index in [1.807, 2.05) is 12.3 Å². The van der Waals surface area contributed by atoms with Gasteiger partial charge in [0.25, 0.3) is 0 Å². The molecule has 0 spiro atoms. The van der Waals surface area contributed by atoms with Crippen molar-refractivity contribution in [1.29, 1.82) is 0 Å². The lowest BCUT2D eigenvalue weighted by Crippen LogP contribution is -2.40. The largest absolute Gasteiger partial charge is 0.313 e. The molecule has 0 aliphatic heterocycles. The van der Waals surface area contributed by atoms with Gasteiger partial charge in [-0.2, -0.15) is 0 Å². The third kappa shape index (κ3) is 4.41. The van der Waals surface area contributed by atoms with E-state index in [2.05, 4.69) is 50.1 Å². The summed E-state index contributed by atoms with van der Waals surface area (Å²) in [5, 5.41) is 3.71. The maximum absolute atomic E-state index is 4.51. The molecule has 0 saturated heterocycles. The average Bonchev–Trinajstić information content (AvgIpc) is 2.40. The van der Waals surface area contributed by atoms with Crippen LogP contribution >= 0.6 is 0 Å². The zero-order valence-corrected chi connectivity index (χ0v) is 12.3. The molecule has 1 aromatic rings. The van der Waals surface area contributed by atoms with Crippen LogP contribution in [0.3, 0.4) is 0 Å². The molecule has 0 radical (unpaired) electrons. The SMILES string of the molecule is CCCNC(C(C)CCC)C(C)c1ccccn1. The second-order valence-corrected chi connectivity index (χ2v) is 5.29. The van der Waals surface area contributed by atoms with Crippen LogP contribution in [-0.4, -0.2) is 17.6 Å². The zero-order valence-electron chi connectivity index (χ0n) is 12.3. The Morgan fingerprint density at radius 1 is 1.17 bits per heavy atom. The van der Waals surface area contributed by atoms with Crippen molar-refractivity contribution in [3.8, 4) is 0 Å². The maximum atomic E-state index is 4.51. The Labute approximate surface area is 112 Å². The number of hydrogen-bond acceptors (Lipinski definition) is 2. The second-order valence-electron chi connectivity index (χ2n) is 5.29. The highest BCUT2D eigenvalue weighted by Gasteiger charge is 2.24. The first-order valence-electron chi connectivity index (χ1n) is 7.35. The van der Waals surface area contributed by atoms with Gasteiger partial charge in [-0.3, -0.25) is 4.98 Å². The van der Waals surface area contributed by atoms with Crippen molar-refractivity contribution in [3.05, 3.63) is 30.1 Å². The summed E-state index contributed by atoms with van der Waals surface area (Å²) in [4.78, 5) is 4.51. The molecule has 0 aliphatic rings. The van der Waals surface area contributed by atoms with Crippen LogP contribution in [0.4, 0.5) is 0 Å². The number of aromatic nitrogens is 1. The van der Waals surface area contributed by atoms with Gasteiger partial charge < -0.3 is 5.32 Å².